The third-order valence-electron chi connectivity index (χ3n) is 4.63. The third kappa shape index (κ3) is 5.21. The Morgan fingerprint density at radius 3 is 2.54 bits per heavy atom. The van der Waals surface area contributed by atoms with E-state index in [0.717, 1.165) is 31.8 Å². The zero-order chi connectivity index (χ0) is 19.9. The van der Waals surface area contributed by atoms with Crippen molar-refractivity contribution < 1.29 is 23.1 Å². The topological polar surface area (TPSA) is 58.6 Å². The van der Waals surface area contributed by atoms with E-state index in [1.54, 1.807) is 0 Å². The molecule has 1 fully saturated rings. The molecule has 1 aliphatic rings. The lowest BCUT2D eigenvalue weighted by molar-refractivity contribution is 0.0371. The van der Waals surface area contributed by atoms with E-state index in [0.29, 0.717) is 19.6 Å². The molecule has 0 bridgehead atoms. The molecule has 0 spiro atoms. The third-order valence-corrected chi connectivity index (χ3v) is 4.63. The van der Waals surface area contributed by atoms with Gasteiger partial charge in [0.1, 0.15) is 11.6 Å². The summed E-state index contributed by atoms with van der Waals surface area (Å²) >= 11 is 0. The molecule has 5 nitrogen and oxygen atoms in total. The number of ketones is 1. The molecule has 148 valence electrons. The maximum atomic E-state index is 13.8. The molecule has 28 heavy (non-hydrogen) atoms. The number of morpholine rings is 1. The molecule has 1 amide bonds. The number of halogens is 2. The Bertz CT molecular complexity index is 851. The van der Waals surface area contributed by atoms with Crippen molar-refractivity contribution in [1.29, 1.82) is 0 Å². The first-order valence-electron chi connectivity index (χ1n) is 9.23. The minimum Gasteiger partial charge on any atom is -0.379 e. The number of carbonyl (C=O) groups excluding carboxylic acids is 2. The van der Waals surface area contributed by atoms with Crippen LogP contribution in [0.1, 0.15) is 33.6 Å². The average Bonchev–Trinajstić information content (AvgIpc) is 2.69. The molecule has 0 saturated carbocycles. The monoisotopic (exact) mass is 388 g/mol. The number of benzene rings is 2. The fraction of sp³-hybridized carbons (Fsp3) is 0.333. The predicted octanol–water partition coefficient (Wildman–Crippen LogP) is 3.51. The van der Waals surface area contributed by atoms with Gasteiger partial charge in [-0.1, -0.05) is 12.1 Å². The van der Waals surface area contributed by atoms with Crippen molar-refractivity contribution in [2.75, 3.05) is 38.2 Å². The molecule has 0 unspecified atom stereocenters. The molecule has 0 atom stereocenters. The Labute approximate surface area is 162 Å². The first-order valence-corrected chi connectivity index (χ1v) is 9.23. The van der Waals surface area contributed by atoms with Gasteiger partial charge in [0.2, 0.25) is 0 Å². The Morgan fingerprint density at radius 1 is 1.04 bits per heavy atom. The minimum atomic E-state index is -0.730. The number of hydrogen-bond donors (Lipinski definition) is 1. The van der Waals surface area contributed by atoms with E-state index in [1.807, 2.05) is 0 Å². The normalized spacial score (nSPS) is 14.6. The lowest BCUT2D eigenvalue weighted by atomic mass is 10.0. The Hall–Kier alpha value is -2.64. The van der Waals surface area contributed by atoms with Crippen molar-refractivity contribution in [2.45, 2.75) is 12.8 Å². The van der Waals surface area contributed by atoms with E-state index in [-0.39, 0.29) is 29.0 Å². The second-order valence-corrected chi connectivity index (χ2v) is 6.60. The fourth-order valence-corrected chi connectivity index (χ4v) is 3.12. The van der Waals surface area contributed by atoms with Crippen LogP contribution in [-0.2, 0) is 4.74 Å². The summed E-state index contributed by atoms with van der Waals surface area (Å²) in [6.07, 6.45) is 0.919. The number of rotatable bonds is 7. The van der Waals surface area contributed by atoms with Crippen molar-refractivity contribution in [3.63, 3.8) is 0 Å². The van der Waals surface area contributed by atoms with Crippen molar-refractivity contribution in [1.82, 2.24) is 4.90 Å². The molecule has 1 N–H and O–H groups in total. The van der Waals surface area contributed by atoms with Crippen LogP contribution >= 0.6 is 0 Å². The molecular formula is C21H22F2N2O3. The van der Waals surface area contributed by atoms with Crippen LogP contribution in [0.5, 0.6) is 0 Å². The molecule has 1 heterocycles. The van der Waals surface area contributed by atoms with Gasteiger partial charge in [-0.3, -0.25) is 14.5 Å². The van der Waals surface area contributed by atoms with Crippen LogP contribution in [0, 0.1) is 11.6 Å². The minimum absolute atomic E-state index is 0.0459. The lowest BCUT2D eigenvalue weighted by Gasteiger charge is -2.26. The van der Waals surface area contributed by atoms with Gasteiger partial charge in [-0.25, -0.2) is 8.78 Å². The number of amides is 1. The molecule has 0 aliphatic carbocycles. The molecule has 0 aromatic heterocycles. The summed E-state index contributed by atoms with van der Waals surface area (Å²) in [6, 6.07) is 9.09. The number of nitrogens with one attached hydrogen (secondary N) is 1. The van der Waals surface area contributed by atoms with Crippen molar-refractivity contribution >= 4 is 17.4 Å². The van der Waals surface area contributed by atoms with Gasteiger partial charge in [-0.15, -0.1) is 0 Å². The molecule has 0 radical (unpaired) electrons. The Kier molecular flexibility index (Phi) is 6.84. The van der Waals surface area contributed by atoms with E-state index in [9.17, 15) is 18.4 Å². The summed E-state index contributed by atoms with van der Waals surface area (Å²) in [5, 5.41) is 2.46. The predicted molar refractivity (Wildman–Crippen MR) is 102 cm³/mol. The van der Waals surface area contributed by atoms with Crippen LogP contribution in [0.4, 0.5) is 14.5 Å². The lowest BCUT2D eigenvalue weighted by Crippen LogP contribution is -2.36. The molecule has 1 saturated heterocycles. The first-order chi connectivity index (χ1) is 13.5. The summed E-state index contributed by atoms with van der Waals surface area (Å²) in [5.41, 5.74) is 0.0927. The standard InChI is InChI=1S/C21H22F2N2O3/c22-15-7-8-17(20(26)6-3-9-25-10-12-28-13-11-25)19(14-15)24-21(27)16-4-1-2-5-18(16)23/h1-2,4-5,7-8,14H,3,6,9-13H2,(H,24,27). The maximum Gasteiger partial charge on any atom is 0.258 e. The summed E-state index contributed by atoms with van der Waals surface area (Å²) < 4.78 is 32.8. The van der Waals surface area contributed by atoms with Crippen LogP contribution in [0.3, 0.4) is 0 Å². The van der Waals surface area contributed by atoms with E-state index < -0.39 is 17.5 Å². The highest BCUT2D eigenvalue weighted by Gasteiger charge is 2.18. The average molecular weight is 388 g/mol. The molecule has 3 rings (SSSR count). The van der Waals surface area contributed by atoms with Crippen molar-refractivity contribution in [3.05, 3.63) is 65.2 Å². The van der Waals surface area contributed by atoms with Crippen LogP contribution in [0.2, 0.25) is 0 Å². The molecule has 1 aliphatic heterocycles. The van der Waals surface area contributed by atoms with E-state index in [4.69, 9.17) is 4.74 Å². The molecule has 7 heteroatoms. The van der Waals surface area contributed by atoms with Crippen molar-refractivity contribution in [2.24, 2.45) is 0 Å². The van der Waals surface area contributed by atoms with E-state index in [2.05, 4.69) is 10.2 Å². The number of ether oxygens (including phenoxy) is 1. The molecule has 2 aromatic carbocycles. The highest BCUT2D eigenvalue weighted by molar-refractivity contribution is 6.09. The number of carbonyl (C=O) groups is 2. The first kappa shape index (κ1) is 20.1. The van der Waals surface area contributed by atoms with Crippen LogP contribution < -0.4 is 5.32 Å². The zero-order valence-electron chi connectivity index (χ0n) is 15.4. The van der Waals surface area contributed by atoms with Crippen LogP contribution in [0.15, 0.2) is 42.5 Å². The number of hydrogen-bond acceptors (Lipinski definition) is 4. The Balaban J connectivity index is 1.66. The number of anilines is 1. The van der Waals surface area contributed by atoms with Gasteiger partial charge in [0, 0.05) is 25.1 Å². The van der Waals surface area contributed by atoms with Crippen molar-refractivity contribution in [3.8, 4) is 0 Å². The maximum absolute atomic E-state index is 13.8. The SMILES string of the molecule is O=C(Nc1cc(F)ccc1C(=O)CCCN1CCOCC1)c1ccccc1F. The van der Waals surface area contributed by atoms with Gasteiger partial charge in [0.05, 0.1) is 24.5 Å². The largest absolute Gasteiger partial charge is 0.379 e. The quantitative estimate of drug-likeness (QED) is 0.738. The second kappa shape index (κ2) is 9.52. The summed E-state index contributed by atoms with van der Waals surface area (Å²) in [7, 11) is 0. The number of Topliss-reactive ketones (excluding diaryl/α,β-unsaturated/α-hetero) is 1. The van der Waals surface area contributed by atoms with Gasteiger partial charge in [-0.05, 0) is 43.3 Å². The zero-order valence-corrected chi connectivity index (χ0v) is 15.4. The number of nitrogens with zero attached hydrogens (tertiary/aromatic N) is 1. The summed E-state index contributed by atoms with van der Waals surface area (Å²) in [4.78, 5) is 27.2. The van der Waals surface area contributed by atoms with E-state index >= 15 is 0 Å². The van der Waals surface area contributed by atoms with Gasteiger partial charge in [-0.2, -0.15) is 0 Å². The van der Waals surface area contributed by atoms with Gasteiger partial charge in [0.15, 0.2) is 5.78 Å². The van der Waals surface area contributed by atoms with Crippen LogP contribution in [0.25, 0.3) is 0 Å². The van der Waals surface area contributed by atoms with Gasteiger partial charge < -0.3 is 10.1 Å². The van der Waals surface area contributed by atoms with E-state index in [1.165, 1.54) is 30.3 Å². The summed E-state index contributed by atoms with van der Waals surface area (Å²) in [5.74, 6) is -2.20. The summed E-state index contributed by atoms with van der Waals surface area (Å²) in [6.45, 7) is 3.84. The highest BCUT2D eigenvalue weighted by atomic mass is 19.1. The molecular weight excluding hydrogens is 366 g/mol. The highest BCUT2D eigenvalue weighted by Crippen LogP contribution is 2.21. The fourth-order valence-electron chi connectivity index (χ4n) is 3.12. The Morgan fingerprint density at radius 2 is 1.79 bits per heavy atom. The van der Waals surface area contributed by atoms with Gasteiger partial charge >= 0.3 is 0 Å². The second-order valence-electron chi connectivity index (χ2n) is 6.60. The molecule has 2 aromatic rings. The smallest absolute Gasteiger partial charge is 0.258 e. The van der Waals surface area contributed by atoms with Gasteiger partial charge in [0.25, 0.3) is 5.91 Å². The van der Waals surface area contributed by atoms with Crippen LogP contribution in [-0.4, -0.2) is 49.4 Å².